The maximum atomic E-state index is 10.4. The van der Waals surface area contributed by atoms with Crippen molar-refractivity contribution in [3.05, 3.63) is 40.8 Å². The lowest BCUT2D eigenvalue weighted by molar-refractivity contribution is -0.525. The summed E-state index contributed by atoms with van der Waals surface area (Å²) in [6.45, 7) is 1.42. The van der Waals surface area contributed by atoms with E-state index in [4.69, 9.17) is 0 Å². The summed E-state index contributed by atoms with van der Waals surface area (Å²) in [5.41, 5.74) is 1.000. The summed E-state index contributed by atoms with van der Waals surface area (Å²) in [5.74, 6) is 0.801. The SMILES string of the molecule is O=N[N+]1=C(c2ccccc2)NCC1. The van der Waals surface area contributed by atoms with Gasteiger partial charge in [0.1, 0.15) is 6.54 Å². The van der Waals surface area contributed by atoms with Crippen molar-refractivity contribution in [2.75, 3.05) is 13.1 Å². The van der Waals surface area contributed by atoms with Crippen molar-refractivity contribution in [3.8, 4) is 0 Å². The molecule has 0 saturated carbocycles. The Morgan fingerprint density at radius 2 is 2.08 bits per heavy atom. The van der Waals surface area contributed by atoms with Crippen molar-refractivity contribution in [3.63, 3.8) is 0 Å². The molecule has 0 radical (unpaired) electrons. The van der Waals surface area contributed by atoms with Crippen LogP contribution in [0.4, 0.5) is 0 Å². The zero-order valence-corrected chi connectivity index (χ0v) is 7.10. The predicted molar refractivity (Wildman–Crippen MR) is 49.5 cm³/mol. The molecule has 1 N–H and O–H groups in total. The Labute approximate surface area is 75.8 Å². The topological polar surface area (TPSA) is 44.5 Å². The minimum atomic E-state index is 0.647. The normalized spacial score (nSPS) is 15.7. The first-order valence-corrected chi connectivity index (χ1v) is 4.19. The van der Waals surface area contributed by atoms with Crippen LogP contribution < -0.4 is 5.32 Å². The molecule has 1 aromatic carbocycles. The molecule has 1 heterocycles. The Morgan fingerprint density at radius 1 is 1.31 bits per heavy atom. The van der Waals surface area contributed by atoms with E-state index in [1.165, 1.54) is 4.68 Å². The molecule has 0 atom stereocenters. The van der Waals surface area contributed by atoms with E-state index in [2.05, 4.69) is 10.6 Å². The van der Waals surface area contributed by atoms with Gasteiger partial charge in [0.2, 0.25) is 0 Å². The van der Waals surface area contributed by atoms with Gasteiger partial charge in [0.25, 0.3) is 0 Å². The minimum absolute atomic E-state index is 0.647. The van der Waals surface area contributed by atoms with Gasteiger partial charge in [0, 0.05) is 0 Å². The highest BCUT2D eigenvalue weighted by Crippen LogP contribution is 2.02. The van der Waals surface area contributed by atoms with Crippen molar-refractivity contribution >= 4 is 5.84 Å². The summed E-state index contributed by atoms with van der Waals surface area (Å²) in [7, 11) is 0. The van der Waals surface area contributed by atoms with E-state index in [1.807, 2.05) is 30.3 Å². The van der Waals surface area contributed by atoms with Gasteiger partial charge in [-0.15, -0.1) is 4.91 Å². The van der Waals surface area contributed by atoms with Crippen LogP contribution >= 0.6 is 0 Å². The van der Waals surface area contributed by atoms with Crippen molar-refractivity contribution in [2.45, 2.75) is 0 Å². The zero-order valence-electron chi connectivity index (χ0n) is 7.10. The van der Waals surface area contributed by atoms with Gasteiger partial charge >= 0.3 is 5.84 Å². The number of nitroso groups, excluding NO2 is 1. The second-order valence-electron chi connectivity index (χ2n) is 2.85. The van der Waals surface area contributed by atoms with E-state index in [0.29, 0.717) is 6.54 Å². The van der Waals surface area contributed by atoms with E-state index in [-0.39, 0.29) is 0 Å². The Hall–Kier alpha value is -1.71. The van der Waals surface area contributed by atoms with Crippen LogP contribution in [0.15, 0.2) is 35.6 Å². The third-order valence-corrected chi connectivity index (χ3v) is 2.02. The number of benzene rings is 1. The molecule has 2 rings (SSSR count). The van der Waals surface area contributed by atoms with Gasteiger partial charge in [-0.05, 0) is 12.1 Å². The molecular weight excluding hydrogens is 166 g/mol. The Bertz CT molecular complexity index is 345. The Kier molecular flexibility index (Phi) is 2.04. The average molecular weight is 176 g/mol. The summed E-state index contributed by atoms with van der Waals surface area (Å²) in [6, 6.07) is 9.71. The number of nitrogens with one attached hydrogen (secondary N) is 1. The molecule has 1 aliphatic rings. The smallest absolute Gasteiger partial charge is 0.268 e. The highest BCUT2D eigenvalue weighted by atomic mass is 16.3. The molecule has 0 fully saturated rings. The van der Waals surface area contributed by atoms with Crippen molar-refractivity contribution in [2.24, 2.45) is 5.29 Å². The molecule has 0 unspecified atom stereocenters. The van der Waals surface area contributed by atoms with Gasteiger partial charge in [0.05, 0.1) is 5.56 Å². The first kappa shape index (κ1) is 7.91. The summed E-state index contributed by atoms with van der Waals surface area (Å²) >= 11 is 0. The molecule has 0 amide bonds. The quantitative estimate of drug-likeness (QED) is 0.533. The van der Waals surface area contributed by atoms with Crippen molar-refractivity contribution < 1.29 is 4.68 Å². The molecule has 1 aliphatic heterocycles. The number of amidine groups is 1. The van der Waals surface area contributed by atoms with Crippen LogP contribution in [-0.4, -0.2) is 23.6 Å². The first-order valence-electron chi connectivity index (χ1n) is 4.19. The molecule has 4 nitrogen and oxygen atoms in total. The fraction of sp³-hybridized carbons (Fsp3) is 0.222. The largest absolute Gasteiger partial charge is 0.305 e. The molecule has 13 heavy (non-hydrogen) atoms. The predicted octanol–water partition coefficient (Wildman–Crippen LogP) is 0.730. The number of hydrogen-bond acceptors (Lipinski definition) is 3. The van der Waals surface area contributed by atoms with Crippen LogP contribution in [0.2, 0.25) is 0 Å². The van der Waals surface area contributed by atoms with Gasteiger partial charge < -0.3 is 0 Å². The van der Waals surface area contributed by atoms with Gasteiger partial charge in [0.15, 0.2) is 11.8 Å². The number of hydrogen-bond donors (Lipinski definition) is 1. The third-order valence-electron chi connectivity index (χ3n) is 2.02. The summed E-state index contributed by atoms with van der Waals surface area (Å²) in [4.78, 5) is 10.4. The molecule has 0 aromatic heterocycles. The summed E-state index contributed by atoms with van der Waals surface area (Å²) < 4.78 is 1.44. The van der Waals surface area contributed by atoms with E-state index >= 15 is 0 Å². The standard InChI is InChI=1S/C9H9N3O/c13-11-12-7-6-10-9(12)8-4-2-1-3-5-8/h1-5H,6-7H2/p+1. The van der Waals surface area contributed by atoms with Crippen LogP contribution in [0.25, 0.3) is 0 Å². The summed E-state index contributed by atoms with van der Waals surface area (Å²) in [5, 5.41) is 6.05. The molecule has 0 saturated heterocycles. The van der Waals surface area contributed by atoms with Gasteiger partial charge in [-0.2, -0.15) is 0 Å². The maximum Gasteiger partial charge on any atom is 0.305 e. The van der Waals surface area contributed by atoms with Crippen molar-refractivity contribution in [1.82, 2.24) is 5.32 Å². The highest BCUT2D eigenvalue weighted by Gasteiger charge is 2.23. The monoisotopic (exact) mass is 176 g/mol. The fourth-order valence-corrected chi connectivity index (χ4v) is 1.41. The first-order chi connectivity index (χ1) is 6.42. The summed E-state index contributed by atoms with van der Waals surface area (Å²) in [6.07, 6.45) is 0. The molecule has 0 bridgehead atoms. The van der Waals surface area contributed by atoms with E-state index < -0.39 is 0 Å². The lowest BCUT2D eigenvalue weighted by Crippen LogP contribution is -2.21. The number of rotatable bonds is 2. The molecule has 4 heteroatoms. The minimum Gasteiger partial charge on any atom is -0.268 e. The van der Waals surface area contributed by atoms with Gasteiger partial charge in [-0.3, -0.25) is 5.32 Å². The van der Waals surface area contributed by atoms with E-state index in [9.17, 15) is 4.91 Å². The number of nitrogens with zero attached hydrogens (tertiary/aromatic N) is 2. The zero-order chi connectivity index (χ0) is 9.10. The van der Waals surface area contributed by atoms with Crippen LogP contribution in [0.5, 0.6) is 0 Å². The highest BCUT2D eigenvalue weighted by molar-refractivity contribution is 5.95. The van der Waals surface area contributed by atoms with E-state index in [0.717, 1.165) is 17.9 Å². The average Bonchev–Trinajstić information content (AvgIpc) is 2.67. The second kappa shape index (κ2) is 3.35. The van der Waals surface area contributed by atoms with E-state index in [1.54, 1.807) is 0 Å². The molecule has 1 aromatic rings. The maximum absolute atomic E-state index is 10.4. The molecule has 0 aliphatic carbocycles. The Balaban J connectivity index is 2.41. The van der Waals surface area contributed by atoms with Crippen LogP contribution in [0, 0.1) is 4.91 Å². The lowest BCUT2D eigenvalue weighted by atomic mass is 10.2. The van der Waals surface area contributed by atoms with Crippen LogP contribution in [-0.2, 0) is 0 Å². The molecule has 66 valence electrons. The molecular formula is C9H10N3O+. The van der Waals surface area contributed by atoms with Crippen molar-refractivity contribution in [1.29, 1.82) is 0 Å². The molecule has 0 spiro atoms. The Morgan fingerprint density at radius 3 is 2.77 bits per heavy atom. The third kappa shape index (κ3) is 1.42. The van der Waals surface area contributed by atoms with Gasteiger partial charge in [-0.1, -0.05) is 22.9 Å². The van der Waals surface area contributed by atoms with Gasteiger partial charge in [-0.25, -0.2) is 0 Å². The lowest BCUT2D eigenvalue weighted by Gasteiger charge is -1.94. The second-order valence-corrected chi connectivity index (χ2v) is 2.85. The van der Waals surface area contributed by atoms with Crippen LogP contribution in [0.3, 0.4) is 0 Å². The van der Waals surface area contributed by atoms with Crippen LogP contribution in [0.1, 0.15) is 5.56 Å². The fourth-order valence-electron chi connectivity index (χ4n) is 1.41.